The number of nitrogens with one attached hydrogen (secondary N) is 3. The van der Waals surface area contributed by atoms with E-state index < -0.39 is 0 Å². The van der Waals surface area contributed by atoms with E-state index in [1.807, 2.05) is 25.2 Å². The number of ether oxygens (including phenoxy) is 1. The van der Waals surface area contributed by atoms with Crippen molar-refractivity contribution in [3.63, 3.8) is 0 Å². The van der Waals surface area contributed by atoms with Gasteiger partial charge in [0.15, 0.2) is 5.82 Å². The van der Waals surface area contributed by atoms with Gasteiger partial charge in [-0.15, -0.1) is 0 Å². The van der Waals surface area contributed by atoms with Gasteiger partial charge in [-0.2, -0.15) is 20.3 Å². The first kappa shape index (κ1) is 20.8. The van der Waals surface area contributed by atoms with Gasteiger partial charge in [-0.3, -0.25) is 0 Å². The zero-order valence-corrected chi connectivity index (χ0v) is 18.6. The van der Waals surface area contributed by atoms with Gasteiger partial charge in [-0.1, -0.05) is 19.3 Å². The van der Waals surface area contributed by atoms with Crippen molar-refractivity contribution in [3.05, 3.63) is 36.3 Å². The van der Waals surface area contributed by atoms with Crippen LogP contribution >= 0.6 is 0 Å². The Morgan fingerprint density at radius 3 is 2.79 bits per heavy atom. The summed E-state index contributed by atoms with van der Waals surface area (Å²) in [7, 11) is 3.46. The average molecular weight is 444 g/mol. The Kier molecular flexibility index (Phi) is 5.52. The predicted molar refractivity (Wildman–Crippen MR) is 125 cm³/mol. The Bertz CT molecular complexity index is 1330. The minimum absolute atomic E-state index is 0.339. The molecule has 0 bridgehead atoms. The number of nitrogens with zero attached hydrogens (tertiary/aromatic N) is 6. The molecule has 0 spiro atoms. The number of hydrogen-bond acceptors (Lipinski definition) is 8. The maximum absolute atomic E-state index is 9.55. The van der Waals surface area contributed by atoms with Crippen molar-refractivity contribution in [2.24, 2.45) is 7.05 Å². The second-order valence-electron chi connectivity index (χ2n) is 8.16. The van der Waals surface area contributed by atoms with Crippen molar-refractivity contribution in [3.8, 4) is 23.2 Å². The lowest BCUT2D eigenvalue weighted by Crippen LogP contribution is -2.23. The highest BCUT2D eigenvalue weighted by Gasteiger charge is 2.19. The van der Waals surface area contributed by atoms with E-state index in [1.165, 1.54) is 25.6 Å². The number of aryl methyl sites for hydroxylation is 1. The fourth-order valence-electron chi connectivity index (χ4n) is 4.33. The van der Waals surface area contributed by atoms with Gasteiger partial charge in [0.1, 0.15) is 29.6 Å². The minimum Gasteiger partial charge on any atom is -0.495 e. The van der Waals surface area contributed by atoms with Gasteiger partial charge in [0.2, 0.25) is 5.95 Å². The van der Waals surface area contributed by atoms with Crippen molar-refractivity contribution in [2.45, 2.75) is 38.1 Å². The molecule has 1 saturated carbocycles. The van der Waals surface area contributed by atoms with Crippen molar-refractivity contribution in [1.82, 2.24) is 29.7 Å². The van der Waals surface area contributed by atoms with Crippen LogP contribution in [0.3, 0.4) is 0 Å². The largest absolute Gasteiger partial charge is 0.495 e. The van der Waals surface area contributed by atoms with E-state index in [4.69, 9.17) is 9.72 Å². The summed E-state index contributed by atoms with van der Waals surface area (Å²) in [5.41, 5.74) is 2.74. The molecule has 3 aromatic heterocycles. The summed E-state index contributed by atoms with van der Waals surface area (Å²) in [5, 5.41) is 21.2. The number of rotatable bonds is 6. The first-order valence-corrected chi connectivity index (χ1v) is 11.0. The lowest BCUT2D eigenvalue weighted by Gasteiger charge is -2.24. The van der Waals surface area contributed by atoms with Crippen LogP contribution in [0.5, 0.6) is 5.75 Å². The van der Waals surface area contributed by atoms with E-state index in [2.05, 4.69) is 36.8 Å². The Morgan fingerprint density at radius 2 is 2.06 bits per heavy atom. The number of hydrogen-bond donors (Lipinski definition) is 3. The molecular formula is C23H25N9O. The molecule has 1 aromatic carbocycles. The van der Waals surface area contributed by atoms with Gasteiger partial charge in [0, 0.05) is 24.8 Å². The second-order valence-corrected chi connectivity index (χ2v) is 8.16. The standard InChI is InChI=1S/C23H25N9O/c1-32-22(26-13-27-32)14-8-9-17(18(10-14)33-2)29-23-30-20-19(15(11-24)12-25-20)21(31-23)28-16-6-4-3-5-7-16/h8-10,12-13,16H,3-7H2,1-2H3,(H3,25,28,29,30,31). The summed E-state index contributed by atoms with van der Waals surface area (Å²) in [6.07, 6.45) is 9.04. The Labute approximate surface area is 191 Å². The summed E-state index contributed by atoms with van der Waals surface area (Å²) >= 11 is 0. The number of H-pyrrole nitrogens is 1. The summed E-state index contributed by atoms with van der Waals surface area (Å²) in [4.78, 5) is 16.8. The lowest BCUT2D eigenvalue weighted by atomic mass is 9.95. The van der Waals surface area contributed by atoms with Crippen LogP contribution < -0.4 is 15.4 Å². The van der Waals surface area contributed by atoms with Gasteiger partial charge < -0.3 is 20.4 Å². The van der Waals surface area contributed by atoms with Gasteiger partial charge in [0.05, 0.1) is 23.7 Å². The van der Waals surface area contributed by atoms with Crippen LogP contribution in [0.1, 0.15) is 37.7 Å². The first-order valence-electron chi connectivity index (χ1n) is 11.0. The molecule has 0 unspecified atom stereocenters. The molecule has 10 heteroatoms. The van der Waals surface area contributed by atoms with E-state index >= 15 is 0 Å². The van der Waals surface area contributed by atoms with Crippen LogP contribution in [0.15, 0.2) is 30.7 Å². The van der Waals surface area contributed by atoms with Crippen LogP contribution in [-0.4, -0.2) is 42.9 Å². The summed E-state index contributed by atoms with van der Waals surface area (Å²) < 4.78 is 7.32. The fraction of sp³-hybridized carbons (Fsp3) is 0.348. The van der Waals surface area contributed by atoms with Crippen molar-refractivity contribution < 1.29 is 4.74 Å². The van der Waals surface area contributed by atoms with Gasteiger partial charge >= 0.3 is 0 Å². The zero-order chi connectivity index (χ0) is 22.8. The van der Waals surface area contributed by atoms with E-state index in [0.29, 0.717) is 34.8 Å². The molecular weight excluding hydrogens is 418 g/mol. The van der Waals surface area contributed by atoms with Gasteiger partial charge in [-0.25, -0.2) is 9.67 Å². The smallest absolute Gasteiger partial charge is 0.231 e. The van der Waals surface area contributed by atoms with Crippen LogP contribution in [0.2, 0.25) is 0 Å². The van der Waals surface area contributed by atoms with Gasteiger partial charge in [0.25, 0.3) is 0 Å². The molecule has 1 fully saturated rings. The predicted octanol–water partition coefficient (Wildman–Crippen LogP) is 4.12. The molecule has 168 valence electrons. The number of nitriles is 1. The Morgan fingerprint density at radius 1 is 1.21 bits per heavy atom. The molecule has 0 aliphatic heterocycles. The monoisotopic (exact) mass is 443 g/mol. The van der Waals surface area contributed by atoms with Crippen molar-refractivity contribution >= 4 is 28.5 Å². The van der Waals surface area contributed by atoms with Crippen molar-refractivity contribution in [2.75, 3.05) is 17.7 Å². The third kappa shape index (κ3) is 4.05. The quantitative estimate of drug-likeness (QED) is 0.406. The molecule has 1 aliphatic rings. The maximum atomic E-state index is 9.55. The molecule has 0 saturated heterocycles. The third-order valence-corrected chi connectivity index (χ3v) is 6.02. The molecule has 0 atom stereocenters. The SMILES string of the molecule is COc1cc(-c2ncnn2C)ccc1Nc1nc(NC2CCCCC2)c2c(C#N)c[nH]c2n1. The van der Waals surface area contributed by atoms with Crippen LogP contribution in [0, 0.1) is 11.3 Å². The molecule has 5 rings (SSSR count). The molecule has 0 amide bonds. The van der Waals surface area contributed by atoms with Crippen molar-refractivity contribution in [1.29, 1.82) is 5.26 Å². The molecule has 33 heavy (non-hydrogen) atoms. The second kappa shape index (κ2) is 8.78. The van der Waals surface area contributed by atoms with Crippen LogP contribution in [0.25, 0.3) is 22.4 Å². The zero-order valence-electron chi connectivity index (χ0n) is 18.6. The maximum Gasteiger partial charge on any atom is 0.231 e. The fourth-order valence-corrected chi connectivity index (χ4v) is 4.33. The summed E-state index contributed by atoms with van der Waals surface area (Å²) in [6, 6.07) is 8.32. The highest BCUT2D eigenvalue weighted by atomic mass is 16.5. The third-order valence-electron chi connectivity index (χ3n) is 6.02. The highest BCUT2D eigenvalue weighted by molar-refractivity contribution is 5.93. The highest BCUT2D eigenvalue weighted by Crippen LogP contribution is 2.33. The summed E-state index contributed by atoms with van der Waals surface area (Å²) in [6.45, 7) is 0. The van der Waals surface area contributed by atoms with E-state index in [9.17, 15) is 5.26 Å². The molecule has 10 nitrogen and oxygen atoms in total. The first-order chi connectivity index (χ1) is 16.2. The Hall–Kier alpha value is -4.13. The normalized spacial score (nSPS) is 14.2. The van der Waals surface area contributed by atoms with Gasteiger partial charge in [-0.05, 0) is 31.0 Å². The molecule has 3 heterocycles. The number of benzene rings is 1. The topological polar surface area (TPSA) is 129 Å². The van der Waals surface area contributed by atoms with E-state index in [-0.39, 0.29) is 0 Å². The van der Waals surface area contributed by atoms with E-state index in [0.717, 1.165) is 35.3 Å². The molecule has 1 aliphatic carbocycles. The number of aromatic amines is 1. The average Bonchev–Trinajstić information content (AvgIpc) is 3.46. The number of fused-ring (bicyclic) bond motifs is 1. The molecule has 3 N–H and O–H groups in total. The van der Waals surface area contributed by atoms with E-state index in [1.54, 1.807) is 18.0 Å². The molecule has 4 aromatic rings. The number of anilines is 3. The Balaban J connectivity index is 1.50. The molecule has 0 radical (unpaired) electrons. The number of methoxy groups -OCH3 is 1. The van der Waals surface area contributed by atoms with Crippen LogP contribution in [-0.2, 0) is 7.05 Å². The number of aromatic nitrogens is 6. The van der Waals surface area contributed by atoms with Crippen LogP contribution in [0.4, 0.5) is 17.5 Å². The lowest BCUT2D eigenvalue weighted by molar-refractivity contribution is 0.417. The minimum atomic E-state index is 0.339. The summed E-state index contributed by atoms with van der Waals surface area (Å²) in [5.74, 6) is 2.45.